The lowest BCUT2D eigenvalue weighted by atomic mass is 10.3. The zero-order valence-electron chi connectivity index (χ0n) is 15.0. The highest BCUT2D eigenvalue weighted by Crippen LogP contribution is 2.28. The summed E-state index contributed by atoms with van der Waals surface area (Å²) in [6.45, 7) is 5.02. The zero-order valence-corrected chi connectivity index (χ0v) is 15.0. The highest BCUT2D eigenvalue weighted by molar-refractivity contribution is 5.79. The van der Waals surface area contributed by atoms with Gasteiger partial charge in [0, 0.05) is 24.5 Å². The van der Waals surface area contributed by atoms with E-state index in [4.69, 9.17) is 0 Å². The molecule has 0 saturated carbocycles. The number of amides is 1. The van der Waals surface area contributed by atoms with Crippen molar-refractivity contribution in [3.8, 4) is 0 Å². The Labute approximate surface area is 152 Å². The molecule has 0 saturated heterocycles. The number of carbonyl (C=O) groups is 1. The fraction of sp³-hybridized carbons (Fsp3) is 0.562. The Hall–Kier alpha value is -2.46. The van der Waals surface area contributed by atoms with Crippen LogP contribution in [0.4, 0.5) is 22.0 Å². The molecular formula is C16H20F5N5O. The van der Waals surface area contributed by atoms with Gasteiger partial charge in [0.15, 0.2) is 5.69 Å². The van der Waals surface area contributed by atoms with E-state index in [2.05, 4.69) is 15.5 Å². The van der Waals surface area contributed by atoms with Gasteiger partial charge in [-0.1, -0.05) is 0 Å². The van der Waals surface area contributed by atoms with Crippen molar-refractivity contribution in [2.24, 2.45) is 0 Å². The number of aromatic nitrogens is 4. The van der Waals surface area contributed by atoms with Crippen molar-refractivity contribution in [2.45, 2.75) is 52.4 Å². The first-order valence-electron chi connectivity index (χ1n) is 8.24. The fourth-order valence-corrected chi connectivity index (χ4v) is 2.59. The standard InChI is InChI=1S/C16H20F5N5O/c1-9-8-13(16(19,20)21)24-25(9)6-4-5-22-15(27)11(3)26-10(2)7-12(23-26)14(17)18/h7-8,11,14H,4-6H2,1-3H3,(H,22,27). The van der Waals surface area contributed by atoms with Gasteiger partial charge < -0.3 is 5.32 Å². The molecular weight excluding hydrogens is 373 g/mol. The van der Waals surface area contributed by atoms with Gasteiger partial charge in [-0.3, -0.25) is 14.2 Å². The molecule has 0 fully saturated rings. The molecule has 1 N–H and O–H groups in total. The molecule has 2 heterocycles. The van der Waals surface area contributed by atoms with Crippen molar-refractivity contribution < 1.29 is 26.7 Å². The van der Waals surface area contributed by atoms with E-state index in [9.17, 15) is 26.7 Å². The van der Waals surface area contributed by atoms with Gasteiger partial charge in [0.1, 0.15) is 11.7 Å². The van der Waals surface area contributed by atoms with Crippen LogP contribution in [0.25, 0.3) is 0 Å². The van der Waals surface area contributed by atoms with Gasteiger partial charge in [-0.25, -0.2) is 8.78 Å². The lowest BCUT2D eigenvalue weighted by Gasteiger charge is -2.14. The van der Waals surface area contributed by atoms with Crippen LogP contribution >= 0.6 is 0 Å². The highest BCUT2D eigenvalue weighted by atomic mass is 19.4. The van der Waals surface area contributed by atoms with Crippen LogP contribution in [0.2, 0.25) is 0 Å². The molecule has 0 bridgehead atoms. The molecule has 11 heteroatoms. The van der Waals surface area contributed by atoms with E-state index in [0.717, 1.165) is 6.07 Å². The van der Waals surface area contributed by atoms with Crippen molar-refractivity contribution >= 4 is 5.91 Å². The average molecular weight is 393 g/mol. The summed E-state index contributed by atoms with van der Waals surface area (Å²) in [7, 11) is 0. The first-order valence-corrected chi connectivity index (χ1v) is 8.24. The number of carbonyl (C=O) groups excluding carboxylic acids is 1. The quantitative estimate of drug-likeness (QED) is 0.579. The van der Waals surface area contributed by atoms with Crippen LogP contribution in [0.5, 0.6) is 0 Å². The maximum Gasteiger partial charge on any atom is 0.435 e. The van der Waals surface area contributed by atoms with Gasteiger partial charge in [-0.15, -0.1) is 0 Å². The summed E-state index contributed by atoms with van der Waals surface area (Å²) in [4.78, 5) is 12.2. The Morgan fingerprint density at radius 3 is 2.37 bits per heavy atom. The highest BCUT2D eigenvalue weighted by Gasteiger charge is 2.34. The van der Waals surface area contributed by atoms with Crippen LogP contribution in [0, 0.1) is 13.8 Å². The molecule has 1 atom stereocenters. The maximum atomic E-state index is 12.7. The van der Waals surface area contributed by atoms with Crippen LogP contribution in [-0.2, 0) is 17.5 Å². The van der Waals surface area contributed by atoms with Gasteiger partial charge >= 0.3 is 6.18 Å². The minimum Gasteiger partial charge on any atom is -0.354 e. The van der Waals surface area contributed by atoms with Crippen molar-refractivity contribution in [3.05, 3.63) is 34.9 Å². The van der Waals surface area contributed by atoms with Crippen LogP contribution < -0.4 is 5.32 Å². The molecule has 2 aromatic heterocycles. The number of nitrogens with zero attached hydrogens (tertiary/aromatic N) is 4. The predicted molar refractivity (Wildman–Crippen MR) is 86.2 cm³/mol. The summed E-state index contributed by atoms with van der Waals surface area (Å²) in [5.41, 5.74) is -0.558. The predicted octanol–water partition coefficient (Wildman–Crippen LogP) is 3.42. The topological polar surface area (TPSA) is 64.7 Å². The van der Waals surface area contributed by atoms with Crippen LogP contribution in [-0.4, -0.2) is 32.0 Å². The van der Waals surface area contributed by atoms with E-state index in [-0.39, 0.29) is 13.1 Å². The SMILES string of the molecule is Cc1cc(C(F)(F)F)nn1CCCNC(=O)C(C)n1nc(C(F)F)cc1C. The monoisotopic (exact) mass is 393 g/mol. The Morgan fingerprint density at radius 1 is 1.19 bits per heavy atom. The van der Waals surface area contributed by atoms with Gasteiger partial charge in [-0.05, 0) is 39.3 Å². The van der Waals surface area contributed by atoms with E-state index in [1.54, 1.807) is 6.92 Å². The van der Waals surface area contributed by atoms with E-state index in [0.29, 0.717) is 17.8 Å². The summed E-state index contributed by atoms with van der Waals surface area (Å²) in [5.74, 6) is -0.421. The lowest BCUT2D eigenvalue weighted by molar-refractivity contribution is -0.141. The Balaban J connectivity index is 1.87. The van der Waals surface area contributed by atoms with E-state index in [1.165, 1.54) is 29.3 Å². The molecule has 0 spiro atoms. The van der Waals surface area contributed by atoms with Crippen LogP contribution in [0.15, 0.2) is 12.1 Å². The van der Waals surface area contributed by atoms with Crippen molar-refractivity contribution in [3.63, 3.8) is 0 Å². The molecule has 6 nitrogen and oxygen atoms in total. The van der Waals surface area contributed by atoms with E-state index in [1.807, 2.05) is 0 Å². The molecule has 0 aromatic carbocycles. The maximum absolute atomic E-state index is 12.7. The third-order valence-corrected chi connectivity index (χ3v) is 4.03. The normalized spacial score (nSPS) is 13.2. The lowest BCUT2D eigenvalue weighted by Crippen LogP contribution is -2.33. The molecule has 2 rings (SSSR count). The van der Waals surface area contributed by atoms with Crippen molar-refractivity contribution in [2.75, 3.05) is 6.54 Å². The van der Waals surface area contributed by atoms with Crippen LogP contribution in [0.3, 0.4) is 0 Å². The number of halogens is 5. The summed E-state index contributed by atoms with van der Waals surface area (Å²) in [6, 6.07) is 1.38. The minimum atomic E-state index is -4.50. The smallest absolute Gasteiger partial charge is 0.354 e. The molecule has 150 valence electrons. The van der Waals surface area contributed by atoms with E-state index >= 15 is 0 Å². The van der Waals surface area contributed by atoms with Gasteiger partial charge in [0.2, 0.25) is 5.91 Å². The third kappa shape index (κ3) is 5.04. The molecule has 0 aliphatic rings. The van der Waals surface area contributed by atoms with Crippen LogP contribution in [0.1, 0.15) is 48.6 Å². The summed E-state index contributed by atoms with van der Waals surface area (Å²) in [6.07, 6.45) is -6.86. The first-order chi connectivity index (χ1) is 12.5. The molecule has 1 unspecified atom stereocenters. The Morgan fingerprint density at radius 2 is 1.85 bits per heavy atom. The molecule has 0 aliphatic carbocycles. The van der Waals surface area contributed by atoms with Gasteiger partial charge in [-0.2, -0.15) is 23.4 Å². The number of rotatable bonds is 7. The largest absolute Gasteiger partial charge is 0.435 e. The fourth-order valence-electron chi connectivity index (χ4n) is 2.59. The van der Waals surface area contributed by atoms with Crippen molar-refractivity contribution in [1.29, 1.82) is 0 Å². The number of hydrogen-bond donors (Lipinski definition) is 1. The molecule has 0 radical (unpaired) electrons. The average Bonchev–Trinajstić information content (AvgIpc) is 3.13. The summed E-state index contributed by atoms with van der Waals surface area (Å²) in [5, 5.41) is 9.86. The second kappa shape index (κ2) is 8.05. The van der Waals surface area contributed by atoms with Gasteiger partial charge in [0.25, 0.3) is 6.43 Å². The summed E-state index contributed by atoms with van der Waals surface area (Å²) >= 11 is 0. The van der Waals surface area contributed by atoms with E-state index < -0.39 is 35.9 Å². The molecule has 27 heavy (non-hydrogen) atoms. The number of aryl methyl sites for hydroxylation is 3. The molecule has 2 aromatic rings. The number of nitrogens with one attached hydrogen (secondary N) is 1. The zero-order chi connectivity index (χ0) is 20.4. The Bertz CT molecular complexity index is 796. The summed E-state index contributed by atoms with van der Waals surface area (Å²) < 4.78 is 65.7. The second-order valence-corrected chi connectivity index (χ2v) is 6.17. The molecule has 1 amide bonds. The second-order valence-electron chi connectivity index (χ2n) is 6.17. The minimum absolute atomic E-state index is 0.200. The third-order valence-electron chi connectivity index (χ3n) is 4.03. The Kier molecular flexibility index (Phi) is 6.22. The first kappa shape index (κ1) is 20.8. The van der Waals surface area contributed by atoms with Gasteiger partial charge in [0.05, 0.1) is 0 Å². The number of hydrogen-bond acceptors (Lipinski definition) is 3. The van der Waals surface area contributed by atoms with Crippen molar-refractivity contribution in [1.82, 2.24) is 24.9 Å². The molecule has 0 aliphatic heterocycles. The number of alkyl halides is 5.